The Morgan fingerprint density at radius 2 is 1.11 bits per heavy atom. The third-order valence-corrected chi connectivity index (χ3v) is 7.15. The number of alkyl halides is 6. The zero-order valence-electron chi connectivity index (χ0n) is 26.4. The normalized spacial score (nSPS) is 14.8. The van der Waals surface area contributed by atoms with Crippen LogP contribution in [0.5, 0.6) is 0 Å². The number of carbonyl (C=O) groups is 3. The summed E-state index contributed by atoms with van der Waals surface area (Å²) in [5, 5.41) is 0. The molecule has 0 aliphatic carbocycles. The topological polar surface area (TPSA) is 94.6 Å². The number of hydrogen-bond donors (Lipinski definition) is 0. The zero-order valence-corrected chi connectivity index (χ0v) is 26.4. The number of ether oxygens (including phenoxy) is 4. The van der Waals surface area contributed by atoms with Crippen molar-refractivity contribution in [3.05, 3.63) is 24.8 Å². The first-order valence-electron chi connectivity index (χ1n) is 15.7. The maximum absolute atomic E-state index is 12.7. The Bertz CT molecular complexity index is 881. The summed E-state index contributed by atoms with van der Waals surface area (Å²) in [6.07, 6.45) is 1.32. The van der Waals surface area contributed by atoms with Gasteiger partial charge < -0.3 is 23.8 Å². The number of carbonyl (C=O) groups excluding carboxylic acids is 3. The van der Waals surface area contributed by atoms with Crippen LogP contribution in [0.2, 0.25) is 0 Å². The molecular formula is C31H48F6N2O7. The molecule has 0 atom stereocenters. The molecule has 1 fully saturated rings. The second-order valence-corrected chi connectivity index (χ2v) is 10.7. The van der Waals surface area contributed by atoms with Crippen molar-refractivity contribution in [2.75, 3.05) is 85.6 Å². The number of unbranched alkanes of at least 4 members (excludes halogenated alkanes) is 6. The first kappa shape index (κ1) is 41.7. The van der Waals surface area contributed by atoms with Crippen LogP contribution in [0.4, 0.5) is 26.3 Å². The van der Waals surface area contributed by atoms with Crippen molar-refractivity contribution in [1.82, 2.24) is 9.80 Å². The van der Waals surface area contributed by atoms with Crippen molar-refractivity contribution >= 4 is 17.5 Å². The van der Waals surface area contributed by atoms with Crippen LogP contribution >= 0.6 is 0 Å². The van der Waals surface area contributed by atoms with E-state index in [9.17, 15) is 40.7 Å². The third kappa shape index (κ3) is 19.4. The van der Waals surface area contributed by atoms with Crippen LogP contribution in [0.15, 0.2) is 24.8 Å². The molecule has 9 nitrogen and oxygen atoms in total. The molecule has 1 amide bonds. The van der Waals surface area contributed by atoms with Crippen LogP contribution in [0, 0.1) is 5.92 Å². The van der Waals surface area contributed by atoms with Gasteiger partial charge in [0, 0.05) is 45.8 Å². The molecule has 0 saturated carbocycles. The second-order valence-electron chi connectivity index (χ2n) is 10.7. The Morgan fingerprint density at radius 1 is 0.652 bits per heavy atom. The molecule has 0 aromatic carbocycles. The lowest BCUT2D eigenvalue weighted by molar-refractivity contribution is -0.190. The Hall–Kier alpha value is -2.33. The van der Waals surface area contributed by atoms with Crippen LogP contribution in [0.1, 0.15) is 51.4 Å². The van der Waals surface area contributed by atoms with E-state index in [2.05, 4.69) is 12.7 Å². The fourth-order valence-electron chi connectivity index (χ4n) is 4.55. The van der Waals surface area contributed by atoms with Gasteiger partial charge in [0.15, 0.2) is 0 Å². The highest BCUT2D eigenvalue weighted by Gasteiger charge is 2.54. The average molecular weight is 675 g/mol. The van der Waals surface area contributed by atoms with Gasteiger partial charge in [0.1, 0.15) is 5.92 Å². The minimum Gasteiger partial charge on any atom is -0.379 e. The fourth-order valence-corrected chi connectivity index (χ4v) is 4.55. The highest BCUT2D eigenvalue weighted by Crippen LogP contribution is 2.30. The van der Waals surface area contributed by atoms with Gasteiger partial charge in [-0.2, -0.15) is 26.3 Å². The standard InChI is InChI=1S/C31H48F6N2O7/c1-2-3-4-5-6-7-8-9-10-11-17-43-19-21-45-23-24-46-22-20-44-18-16-38-12-14-39(15-13-38)27(40)25-26(28(41)30(32,33)34)29(42)31(35,36)37/h2-4,26H,1,5-25H2/b4-3-. The molecule has 0 aromatic heterocycles. The molecule has 1 heterocycles. The first-order valence-corrected chi connectivity index (χ1v) is 15.7. The lowest BCUT2D eigenvalue weighted by atomic mass is 9.93. The van der Waals surface area contributed by atoms with Crippen molar-refractivity contribution in [3.8, 4) is 0 Å². The molecule has 1 rings (SSSR count). The monoisotopic (exact) mass is 674 g/mol. The van der Waals surface area contributed by atoms with Gasteiger partial charge >= 0.3 is 12.4 Å². The second kappa shape index (κ2) is 23.9. The van der Waals surface area contributed by atoms with Crippen LogP contribution in [0.3, 0.4) is 0 Å². The maximum Gasteiger partial charge on any atom is 0.450 e. The number of Topliss-reactive ketones (excluding diaryl/α,β-unsaturated/α-hetero) is 2. The van der Waals surface area contributed by atoms with Crippen LogP contribution in [0.25, 0.3) is 0 Å². The van der Waals surface area contributed by atoms with Gasteiger partial charge in [-0.3, -0.25) is 19.3 Å². The molecule has 1 aliphatic rings. The summed E-state index contributed by atoms with van der Waals surface area (Å²) >= 11 is 0. The Labute approximate surface area is 267 Å². The quantitative estimate of drug-likeness (QED) is 0.0552. The van der Waals surface area contributed by atoms with E-state index in [-0.39, 0.29) is 13.1 Å². The highest BCUT2D eigenvalue weighted by molar-refractivity contribution is 6.09. The summed E-state index contributed by atoms with van der Waals surface area (Å²) < 4.78 is 98.4. The molecule has 1 aliphatic heterocycles. The minimum atomic E-state index is -5.68. The molecule has 0 N–H and O–H groups in total. The van der Waals surface area contributed by atoms with Crippen molar-refractivity contribution in [2.45, 2.75) is 63.7 Å². The SMILES string of the molecule is C=C/C=C\CCCCCCCCOCCOCCOCCOCCN1CCN(C(=O)CC(C(=O)C(F)(F)F)C(=O)C(F)(F)F)CC1. The molecular weight excluding hydrogens is 626 g/mol. The molecule has 46 heavy (non-hydrogen) atoms. The number of allylic oxidation sites excluding steroid dienone is 3. The number of piperazine rings is 1. The van der Waals surface area contributed by atoms with Crippen molar-refractivity contribution in [1.29, 1.82) is 0 Å². The van der Waals surface area contributed by atoms with Crippen molar-refractivity contribution in [2.24, 2.45) is 5.92 Å². The summed E-state index contributed by atoms with van der Waals surface area (Å²) in [6.45, 7) is 8.44. The summed E-state index contributed by atoms with van der Waals surface area (Å²) in [5.41, 5.74) is 0. The average Bonchev–Trinajstić information content (AvgIpc) is 3.01. The van der Waals surface area contributed by atoms with E-state index in [1.165, 1.54) is 32.1 Å². The number of rotatable bonds is 26. The number of halogens is 6. The number of amides is 1. The van der Waals surface area contributed by atoms with Crippen LogP contribution < -0.4 is 0 Å². The molecule has 0 spiro atoms. The Morgan fingerprint density at radius 3 is 1.61 bits per heavy atom. The molecule has 0 radical (unpaired) electrons. The minimum absolute atomic E-state index is 0.0234. The molecule has 0 bridgehead atoms. The first-order chi connectivity index (χ1) is 21.9. The van der Waals surface area contributed by atoms with Gasteiger partial charge in [0.2, 0.25) is 17.5 Å². The van der Waals surface area contributed by atoms with E-state index in [1.54, 1.807) is 6.08 Å². The lowest BCUT2D eigenvalue weighted by Crippen LogP contribution is -2.51. The fraction of sp³-hybridized carbons (Fsp3) is 0.774. The molecule has 15 heteroatoms. The van der Waals surface area contributed by atoms with E-state index in [0.29, 0.717) is 65.9 Å². The molecule has 266 valence electrons. The van der Waals surface area contributed by atoms with Gasteiger partial charge in [0.25, 0.3) is 0 Å². The Balaban J connectivity index is 2.01. The highest BCUT2D eigenvalue weighted by atomic mass is 19.4. The molecule has 0 unspecified atom stereocenters. The molecule has 0 aromatic rings. The van der Waals surface area contributed by atoms with Gasteiger partial charge in [-0.1, -0.05) is 50.5 Å². The van der Waals surface area contributed by atoms with Crippen LogP contribution in [-0.2, 0) is 33.3 Å². The smallest absolute Gasteiger partial charge is 0.379 e. The predicted octanol–water partition coefficient (Wildman–Crippen LogP) is 4.94. The summed E-state index contributed by atoms with van der Waals surface area (Å²) in [5.74, 6) is -10.0. The number of hydrogen-bond acceptors (Lipinski definition) is 8. The molecule has 1 saturated heterocycles. The van der Waals surface area contributed by atoms with Crippen LogP contribution in [-0.4, -0.2) is 125 Å². The summed E-state index contributed by atoms with van der Waals surface area (Å²) in [4.78, 5) is 38.2. The van der Waals surface area contributed by atoms with E-state index < -0.39 is 42.2 Å². The van der Waals surface area contributed by atoms with Crippen molar-refractivity contribution < 1.29 is 59.7 Å². The van der Waals surface area contributed by atoms with E-state index in [1.807, 2.05) is 11.0 Å². The van der Waals surface area contributed by atoms with E-state index in [0.717, 1.165) is 24.3 Å². The van der Waals surface area contributed by atoms with E-state index >= 15 is 0 Å². The number of ketones is 2. The zero-order chi connectivity index (χ0) is 34.3. The predicted molar refractivity (Wildman–Crippen MR) is 158 cm³/mol. The third-order valence-electron chi connectivity index (χ3n) is 7.15. The largest absolute Gasteiger partial charge is 0.450 e. The van der Waals surface area contributed by atoms with Crippen molar-refractivity contribution in [3.63, 3.8) is 0 Å². The van der Waals surface area contributed by atoms with Gasteiger partial charge in [0.05, 0.1) is 46.2 Å². The van der Waals surface area contributed by atoms with Gasteiger partial charge in [-0.25, -0.2) is 0 Å². The summed E-state index contributed by atoms with van der Waals surface area (Å²) in [6, 6.07) is 0. The Kier molecular flexibility index (Phi) is 21.7. The number of nitrogens with zero attached hydrogens (tertiary/aromatic N) is 2. The lowest BCUT2D eigenvalue weighted by Gasteiger charge is -2.35. The van der Waals surface area contributed by atoms with Gasteiger partial charge in [-0.15, -0.1) is 0 Å². The maximum atomic E-state index is 12.7. The summed E-state index contributed by atoms with van der Waals surface area (Å²) in [7, 11) is 0. The van der Waals surface area contributed by atoms with E-state index in [4.69, 9.17) is 18.9 Å². The van der Waals surface area contributed by atoms with Gasteiger partial charge in [-0.05, 0) is 19.3 Å².